The summed E-state index contributed by atoms with van der Waals surface area (Å²) in [6.45, 7) is 6.18. The Hall–Kier alpha value is -2.46. The summed E-state index contributed by atoms with van der Waals surface area (Å²) in [6, 6.07) is 13.5. The van der Waals surface area contributed by atoms with Gasteiger partial charge in [0.2, 0.25) is 0 Å². The van der Waals surface area contributed by atoms with Gasteiger partial charge in [0.05, 0.1) is 14.2 Å². The molecule has 2 aromatic rings. The largest absolute Gasteiger partial charge is 0.497 e. The van der Waals surface area contributed by atoms with Gasteiger partial charge in [0, 0.05) is 30.8 Å². The maximum atomic E-state index is 6.12. The van der Waals surface area contributed by atoms with Gasteiger partial charge in [-0.25, -0.2) is 0 Å². The smallest absolute Gasteiger partial charge is 0.127 e. The first-order valence-electron chi connectivity index (χ1n) is 11.9. The van der Waals surface area contributed by atoms with E-state index < -0.39 is 0 Å². The normalized spacial score (nSPS) is 17.7. The fraction of sp³-hybridized carbons (Fsp3) is 0.500. The molecule has 0 N–H and O–H groups in total. The van der Waals surface area contributed by atoms with Gasteiger partial charge in [-0.15, -0.1) is 0 Å². The van der Waals surface area contributed by atoms with E-state index in [1.165, 1.54) is 48.8 Å². The number of ether oxygens (including phenoxy) is 3. The summed E-state index contributed by atoms with van der Waals surface area (Å²) in [5.74, 6) is 2.72. The Balaban J connectivity index is 1.50. The van der Waals surface area contributed by atoms with Gasteiger partial charge in [-0.3, -0.25) is 4.90 Å². The highest BCUT2D eigenvalue weighted by atomic mass is 16.5. The van der Waals surface area contributed by atoms with Crippen LogP contribution in [0.3, 0.4) is 0 Å². The van der Waals surface area contributed by atoms with Crippen LogP contribution in [0, 0.1) is 0 Å². The van der Waals surface area contributed by atoms with E-state index in [2.05, 4.69) is 55.2 Å². The van der Waals surface area contributed by atoms with Crippen molar-refractivity contribution in [1.82, 2.24) is 4.90 Å². The molecule has 2 aromatic carbocycles. The van der Waals surface area contributed by atoms with E-state index in [4.69, 9.17) is 14.2 Å². The Bertz CT molecular complexity index is 944. The van der Waals surface area contributed by atoms with Gasteiger partial charge in [0.15, 0.2) is 0 Å². The first-order valence-corrected chi connectivity index (χ1v) is 11.9. The van der Waals surface area contributed by atoms with Gasteiger partial charge in [0.25, 0.3) is 0 Å². The molecule has 0 saturated heterocycles. The molecule has 4 rings (SSSR count). The lowest BCUT2D eigenvalue weighted by Gasteiger charge is -2.35. The third-order valence-electron chi connectivity index (χ3n) is 6.75. The number of fused-ring (bicyclic) bond motifs is 1. The van der Waals surface area contributed by atoms with E-state index in [9.17, 15) is 0 Å². The molecule has 1 heterocycles. The average Bonchev–Trinajstić information content (AvgIpc) is 2.81. The van der Waals surface area contributed by atoms with E-state index in [1.54, 1.807) is 14.2 Å². The number of rotatable bonds is 8. The molecule has 1 aliphatic heterocycles. The van der Waals surface area contributed by atoms with Crippen LogP contribution in [0.25, 0.3) is 6.08 Å². The van der Waals surface area contributed by atoms with Gasteiger partial charge in [-0.05, 0) is 68.5 Å². The average molecular weight is 436 g/mol. The molecule has 172 valence electrons. The second kappa shape index (κ2) is 9.99. The molecule has 0 amide bonds. The minimum atomic E-state index is -0.236. The van der Waals surface area contributed by atoms with Crippen LogP contribution in [-0.4, -0.2) is 37.3 Å². The highest BCUT2D eigenvalue weighted by Crippen LogP contribution is 2.33. The number of methoxy groups -OCH3 is 2. The number of hydrogen-bond donors (Lipinski definition) is 0. The molecule has 0 radical (unpaired) electrons. The minimum absolute atomic E-state index is 0.236. The van der Waals surface area contributed by atoms with Crippen LogP contribution < -0.4 is 14.2 Å². The molecule has 1 aliphatic carbocycles. The summed E-state index contributed by atoms with van der Waals surface area (Å²) in [4.78, 5) is 2.68. The zero-order chi connectivity index (χ0) is 22.6. The first kappa shape index (κ1) is 22.7. The van der Waals surface area contributed by atoms with E-state index in [-0.39, 0.29) is 5.60 Å². The molecule has 4 nitrogen and oxygen atoms in total. The summed E-state index contributed by atoms with van der Waals surface area (Å²) in [7, 11) is 3.43. The number of benzene rings is 2. The molecule has 4 heteroatoms. The third-order valence-corrected chi connectivity index (χ3v) is 6.75. The van der Waals surface area contributed by atoms with Crippen LogP contribution in [0.5, 0.6) is 17.2 Å². The van der Waals surface area contributed by atoms with Crippen molar-refractivity contribution in [2.24, 2.45) is 0 Å². The molecule has 0 atom stereocenters. The number of nitrogens with zero attached hydrogens (tertiary/aromatic N) is 1. The second-order valence-electron chi connectivity index (χ2n) is 9.60. The van der Waals surface area contributed by atoms with E-state index in [1.807, 2.05) is 12.1 Å². The highest BCUT2D eigenvalue weighted by molar-refractivity contribution is 5.61. The van der Waals surface area contributed by atoms with Crippen LogP contribution in [0.1, 0.15) is 62.6 Å². The molecule has 1 saturated carbocycles. The quantitative estimate of drug-likeness (QED) is 0.489. The number of hydrogen-bond acceptors (Lipinski definition) is 4. The van der Waals surface area contributed by atoms with Gasteiger partial charge in [0.1, 0.15) is 22.8 Å². The van der Waals surface area contributed by atoms with Crippen molar-refractivity contribution in [2.75, 3.05) is 20.8 Å². The molecular formula is C28H37NO3. The topological polar surface area (TPSA) is 30.9 Å². The van der Waals surface area contributed by atoms with Crippen LogP contribution in [0.2, 0.25) is 0 Å². The van der Waals surface area contributed by atoms with Crippen LogP contribution in [-0.2, 0) is 13.0 Å². The maximum absolute atomic E-state index is 6.12. The van der Waals surface area contributed by atoms with E-state index in [0.29, 0.717) is 6.04 Å². The first-order chi connectivity index (χ1) is 15.5. The third kappa shape index (κ3) is 5.47. The lowest BCUT2D eigenvalue weighted by Crippen LogP contribution is -2.37. The predicted molar refractivity (Wildman–Crippen MR) is 131 cm³/mol. The molecule has 2 aliphatic rings. The van der Waals surface area contributed by atoms with Gasteiger partial charge < -0.3 is 14.2 Å². The molecular weight excluding hydrogens is 398 g/mol. The van der Waals surface area contributed by atoms with Crippen molar-refractivity contribution in [2.45, 2.75) is 70.6 Å². The molecule has 32 heavy (non-hydrogen) atoms. The fourth-order valence-electron chi connectivity index (χ4n) is 4.92. The lowest BCUT2D eigenvalue weighted by molar-refractivity contribution is 0.148. The van der Waals surface area contributed by atoms with Gasteiger partial charge >= 0.3 is 0 Å². The molecule has 0 bridgehead atoms. The Morgan fingerprint density at radius 3 is 2.56 bits per heavy atom. The van der Waals surface area contributed by atoms with Crippen molar-refractivity contribution in [3.63, 3.8) is 0 Å². The molecule has 0 unspecified atom stereocenters. The summed E-state index contributed by atoms with van der Waals surface area (Å²) in [6.07, 6.45) is 11.9. The molecule has 0 spiro atoms. The van der Waals surface area contributed by atoms with Crippen molar-refractivity contribution >= 4 is 6.08 Å². The zero-order valence-electron chi connectivity index (χ0n) is 20.0. The molecule has 0 aromatic heterocycles. The maximum Gasteiger partial charge on any atom is 0.127 e. The summed E-state index contributed by atoms with van der Waals surface area (Å²) < 4.78 is 17.1. The van der Waals surface area contributed by atoms with Crippen LogP contribution in [0.4, 0.5) is 0 Å². The Morgan fingerprint density at radius 1 is 1.00 bits per heavy atom. The fourth-order valence-corrected chi connectivity index (χ4v) is 4.92. The van der Waals surface area contributed by atoms with Gasteiger partial charge in [-0.1, -0.05) is 37.5 Å². The monoisotopic (exact) mass is 435 g/mol. The zero-order valence-corrected chi connectivity index (χ0v) is 20.0. The standard InChI is InChI=1S/C28H37NO3/c1-28(2)16-14-23-18-21(10-13-26(23)32-28)20-29(24-8-6-5-7-9-24)17-15-22-11-12-25(30-3)19-27(22)31-4/h10-14,16,18-19,24H,5-9,15,17,20H2,1-4H3. The van der Waals surface area contributed by atoms with Gasteiger partial charge in [-0.2, -0.15) is 0 Å². The SMILES string of the molecule is COc1ccc(CCN(Cc2ccc3c(c2)C=CC(C)(C)O3)C2CCCCC2)c(OC)c1. The summed E-state index contributed by atoms with van der Waals surface area (Å²) >= 11 is 0. The molecule has 1 fully saturated rings. The summed E-state index contributed by atoms with van der Waals surface area (Å²) in [5.41, 5.74) is 3.53. The van der Waals surface area contributed by atoms with E-state index >= 15 is 0 Å². The Labute approximate surface area is 193 Å². The predicted octanol–water partition coefficient (Wildman–Crippen LogP) is 6.27. The van der Waals surface area contributed by atoms with Crippen molar-refractivity contribution in [3.8, 4) is 17.2 Å². The van der Waals surface area contributed by atoms with Crippen LogP contribution in [0.15, 0.2) is 42.5 Å². The van der Waals surface area contributed by atoms with Crippen molar-refractivity contribution in [3.05, 3.63) is 59.2 Å². The Morgan fingerprint density at radius 2 is 1.81 bits per heavy atom. The lowest BCUT2D eigenvalue weighted by atomic mass is 9.93. The van der Waals surface area contributed by atoms with Crippen molar-refractivity contribution in [1.29, 1.82) is 0 Å². The van der Waals surface area contributed by atoms with E-state index in [0.717, 1.165) is 36.8 Å². The summed E-state index contributed by atoms with van der Waals surface area (Å²) in [5, 5.41) is 0. The van der Waals surface area contributed by atoms with Crippen molar-refractivity contribution < 1.29 is 14.2 Å². The van der Waals surface area contributed by atoms with Crippen LogP contribution >= 0.6 is 0 Å². The minimum Gasteiger partial charge on any atom is -0.497 e. The highest BCUT2D eigenvalue weighted by Gasteiger charge is 2.24. The Kier molecular flexibility index (Phi) is 7.10. The second-order valence-corrected chi connectivity index (χ2v) is 9.60.